The van der Waals surface area contributed by atoms with Gasteiger partial charge in [0.1, 0.15) is 11.5 Å². The van der Waals surface area contributed by atoms with Crippen LogP contribution in [0.15, 0.2) is 24.3 Å². The summed E-state index contributed by atoms with van der Waals surface area (Å²) in [6, 6.07) is 5.87. The van der Waals surface area contributed by atoms with E-state index in [0.29, 0.717) is 11.1 Å². The minimum absolute atomic E-state index is 0.207. The zero-order valence-electron chi connectivity index (χ0n) is 11.8. The van der Waals surface area contributed by atoms with Crippen LogP contribution >= 0.6 is 0 Å². The van der Waals surface area contributed by atoms with Crippen LogP contribution in [-0.4, -0.2) is 30.6 Å². The normalized spacial score (nSPS) is 10.9. The molecule has 6 nitrogen and oxygen atoms in total. The van der Waals surface area contributed by atoms with E-state index in [1.54, 1.807) is 0 Å². The van der Waals surface area contributed by atoms with E-state index in [-0.39, 0.29) is 47.0 Å². The van der Waals surface area contributed by atoms with Gasteiger partial charge < -0.3 is 30.6 Å². The largest absolute Gasteiger partial charge is 0.507 e. The highest BCUT2D eigenvalue weighted by Crippen LogP contribution is 2.40. The van der Waals surface area contributed by atoms with E-state index < -0.39 is 13.2 Å². The fourth-order valence-electron chi connectivity index (χ4n) is 2.36. The monoisotopic (exact) mass is 306 g/mol. The summed E-state index contributed by atoms with van der Waals surface area (Å²) in [7, 11) is 0. The molecule has 0 aliphatic rings. The highest BCUT2D eigenvalue weighted by molar-refractivity contribution is 5.79. The van der Waals surface area contributed by atoms with Crippen molar-refractivity contribution in [2.75, 3.05) is 0 Å². The molecule has 0 bridgehead atoms. The predicted molar refractivity (Wildman–Crippen MR) is 78.9 cm³/mol. The van der Waals surface area contributed by atoms with Crippen LogP contribution in [0.25, 0.3) is 11.1 Å². The molecule has 0 aromatic heterocycles. The van der Waals surface area contributed by atoms with E-state index in [1.807, 2.05) is 0 Å². The Bertz CT molecular complexity index is 621. The molecule has 0 spiro atoms. The molecule has 0 unspecified atom stereocenters. The fraction of sp³-hybridized carbons (Fsp3) is 0.250. The van der Waals surface area contributed by atoms with Gasteiger partial charge >= 0.3 is 0 Å². The number of aliphatic hydroxyl groups excluding tert-OH is 4. The summed E-state index contributed by atoms with van der Waals surface area (Å²) in [5, 5.41) is 57.6. The van der Waals surface area contributed by atoms with Crippen LogP contribution < -0.4 is 0 Å². The van der Waals surface area contributed by atoms with E-state index in [9.17, 15) is 30.6 Å². The molecule has 0 aliphatic carbocycles. The van der Waals surface area contributed by atoms with Gasteiger partial charge in [0.05, 0.1) is 26.4 Å². The Morgan fingerprint density at radius 1 is 0.545 bits per heavy atom. The quantitative estimate of drug-likeness (QED) is 0.484. The molecule has 118 valence electrons. The second-order valence-electron chi connectivity index (χ2n) is 4.93. The zero-order valence-corrected chi connectivity index (χ0v) is 11.8. The molecule has 22 heavy (non-hydrogen) atoms. The van der Waals surface area contributed by atoms with Crippen LogP contribution in [-0.2, 0) is 26.4 Å². The van der Waals surface area contributed by atoms with Crippen LogP contribution in [0.5, 0.6) is 11.5 Å². The number of aromatic hydroxyl groups is 2. The lowest BCUT2D eigenvalue weighted by molar-refractivity contribution is 0.269. The minimum Gasteiger partial charge on any atom is -0.507 e. The summed E-state index contributed by atoms with van der Waals surface area (Å²) in [4.78, 5) is 0. The lowest BCUT2D eigenvalue weighted by Gasteiger charge is -2.15. The lowest BCUT2D eigenvalue weighted by atomic mass is 9.94. The van der Waals surface area contributed by atoms with Crippen molar-refractivity contribution in [3.63, 3.8) is 0 Å². The third-order valence-corrected chi connectivity index (χ3v) is 3.49. The Morgan fingerprint density at radius 3 is 1.18 bits per heavy atom. The Kier molecular flexibility index (Phi) is 4.99. The molecule has 2 aromatic carbocycles. The van der Waals surface area contributed by atoms with Crippen LogP contribution in [0.1, 0.15) is 22.3 Å². The maximum atomic E-state index is 10.2. The average molecular weight is 306 g/mol. The van der Waals surface area contributed by atoms with Crippen molar-refractivity contribution in [3.8, 4) is 22.6 Å². The van der Waals surface area contributed by atoms with Crippen LogP contribution in [0, 0.1) is 0 Å². The number of rotatable bonds is 5. The SMILES string of the molecule is OCc1cc(CO)c(O)c(-c2cc(CO)cc(CO)c2O)c1. The van der Waals surface area contributed by atoms with Crippen LogP contribution in [0.3, 0.4) is 0 Å². The van der Waals surface area contributed by atoms with Gasteiger partial charge in [0.25, 0.3) is 0 Å². The van der Waals surface area contributed by atoms with Gasteiger partial charge in [0.15, 0.2) is 0 Å². The van der Waals surface area contributed by atoms with Crippen molar-refractivity contribution in [2.24, 2.45) is 0 Å². The highest BCUT2D eigenvalue weighted by atomic mass is 16.3. The Labute approximate surface area is 127 Å². The molecule has 0 fully saturated rings. The first-order valence-corrected chi connectivity index (χ1v) is 6.69. The number of hydrogen-bond acceptors (Lipinski definition) is 6. The van der Waals surface area contributed by atoms with Crippen molar-refractivity contribution >= 4 is 0 Å². The summed E-state index contributed by atoms with van der Waals surface area (Å²) in [6.45, 7) is -1.46. The second kappa shape index (κ2) is 6.76. The van der Waals surface area contributed by atoms with Gasteiger partial charge in [-0.05, 0) is 35.4 Å². The van der Waals surface area contributed by atoms with Crippen molar-refractivity contribution in [1.29, 1.82) is 0 Å². The van der Waals surface area contributed by atoms with E-state index in [1.165, 1.54) is 24.3 Å². The van der Waals surface area contributed by atoms with Crippen LogP contribution in [0.4, 0.5) is 0 Å². The molecule has 0 atom stereocenters. The first kappa shape index (κ1) is 16.3. The lowest BCUT2D eigenvalue weighted by Crippen LogP contribution is -1.96. The van der Waals surface area contributed by atoms with Crippen molar-refractivity contribution in [3.05, 3.63) is 46.5 Å². The Morgan fingerprint density at radius 2 is 0.909 bits per heavy atom. The zero-order chi connectivity index (χ0) is 16.3. The smallest absolute Gasteiger partial charge is 0.129 e. The van der Waals surface area contributed by atoms with Crippen molar-refractivity contribution in [2.45, 2.75) is 26.4 Å². The summed E-state index contributed by atoms with van der Waals surface area (Å²) in [5.41, 5.74) is 1.74. The standard InChI is InChI=1S/C16H18O6/c17-5-9-1-11(7-19)15(21)13(3-9)14-4-10(6-18)2-12(8-20)16(14)22/h1-4,17-22H,5-8H2. The van der Waals surface area contributed by atoms with E-state index in [0.717, 1.165) is 0 Å². The van der Waals surface area contributed by atoms with E-state index >= 15 is 0 Å². The molecule has 0 saturated carbocycles. The van der Waals surface area contributed by atoms with Crippen molar-refractivity contribution < 1.29 is 30.6 Å². The number of benzene rings is 2. The number of aliphatic hydroxyl groups is 4. The predicted octanol–water partition coefficient (Wildman–Crippen LogP) is 0.734. The summed E-state index contributed by atoms with van der Waals surface area (Å²) < 4.78 is 0. The van der Waals surface area contributed by atoms with Gasteiger partial charge in [0.2, 0.25) is 0 Å². The molecule has 6 N–H and O–H groups in total. The molecule has 6 heteroatoms. The Balaban J connectivity index is 2.75. The van der Waals surface area contributed by atoms with Gasteiger partial charge in [-0.1, -0.05) is 0 Å². The molecule has 2 rings (SSSR count). The molecule has 0 radical (unpaired) electrons. The molecule has 0 heterocycles. The van der Waals surface area contributed by atoms with Gasteiger partial charge in [-0.3, -0.25) is 0 Å². The molecule has 2 aromatic rings. The summed E-state index contributed by atoms with van der Waals surface area (Å²) in [5.74, 6) is -0.456. The molecular formula is C16H18O6. The number of phenols is 2. The third kappa shape index (κ3) is 2.90. The molecular weight excluding hydrogens is 288 g/mol. The maximum absolute atomic E-state index is 10.2. The third-order valence-electron chi connectivity index (χ3n) is 3.49. The topological polar surface area (TPSA) is 121 Å². The first-order chi connectivity index (χ1) is 10.5. The summed E-state index contributed by atoms with van der Waals surface area (Å²) >= 11 is 0. The summed E-state index contributed by atoms with van der Waals surface area (Å²) in [6.07, 6.45) is 0. The molecule has 0 amide bonds. The van der Waals surface area contributed by atoms with Gasteiger partial charge in [-0.2, -0.15) is 0 Å². The fourth-order valence-corrected chi connectivity index (χ4v) is 2.36. The highest BCUT2D eigenvalue weighted by Gasteiger charge is 2.17. The number of hydrogen-bond donors (Lipinski definition) is 6. The minimum atomic E-state index is -0.431. The van der Waals surface area contributed by atoms with Crippen molar-refractivity contribution in [1.82, 2.24) is 0 Å². The maximum Gasteiger partial charge on any atom is 0.129 e. The molecule has 0 aliphatic heterocycles. The van der Waals surface area contributed by atoms with E-state index in [4.69, 9.17) is 0 Å². The first-order valence-electron chi connectivity index (χ1n) is 6.69. The van der Waals surface area contributed by atoms with Gasteiger partial charge in [0, 0.05) is 22.3 Å². The molecule has 0 saturated heterocycles. The van der Waals surface area contributed by atoms with Crippen LogP contribution in [0.2, 0.25) is 0 Å². The second-order valence-corrected chi connectivity index (χ2v) is 4.93. The van der Waals surface area contributed by atoms with Gasteiger partial charge in [-0.25, -0.2) is 0 Å². The average Bonchev–Trinajstić information content (AvgIpc) is 2.55. The Hall–Kier alpha value is -2.12. The van der Waals surface area contributed by atoms with Gasteiger partial charge in [-0.15, -0.1) is 0 Å². The van der Waals surface area contributed by atoms with E-state index in [2.05, 4.69) is 0 Å².